The molecule has 0 saturated heterocycles. The Morgan fingerprint density at radius 2 is 1.96 bits per heavy atom. The zero-order chi connectivity index (χ0) is 18.1. The number of oxazole rings is 1. The summed E-state index contributed by atoms with van der Waals surface area (Å²) in [5.41, 5.74) is 2.56. The summed E-state index contributed by atoms with van der Waals surface area (Å²) < 4.78 is 16.1. The van der Waals surface area contributed by atoms with E-state index in [4.69, 9.17) is 13.9 Å². The van der Waals surface area contributed by atoms with Gasteiger partial charge in [-0.3, -0.25) is 0 Å². The minimum Gasteiger partial charge on any atom is -0.497 e. The van der Waals surface area contributed by atoms with Crippen molar-refractivity contribution in [2.45, 2.75) is 0 Å². The van der Waals surface area contributed by atoms with E-state index in [1.54, 1.807) is 13.2 Å². The van der Waals surface area contributed by atoms with Gasteiger partial charge in [-0.2, -0.15) is 0 Å². The average molecular weight is 348 g/mol. The fourth-order valence-electron chi connectivity index (χ4n) is 2.90. The van der Waals surface area contributed by atoms with Gasteiger partial charge in [0.1, 0.15) is 5.75 Å². The van der Waals surface area contributed by atoms with Crippen LogP contribution in [0, 0.1) is 0 Å². The van der Waals surface area contributed by atoms with Gasteiger partial charge in [-0.05, 0) is 30.3 Å². The van der Waals surface area contributed by atoms with Crippen molar-refractivity contribution in [2.24, 2.45) is 0 Å². The second-order valence-corrected chi connectivity index (χ2v) is 5.66. The summed E-state index contributed by atoms with van der Waals surface area (Å²) in [6.07, 6.45) is 1.84. The molecule has 2 aromatic carbocycles. The molecular weight excluding hydrogens is 332 g/mol. The summed E-state index contributed by atoms with van der Waals surface area (Å²) in [7, 11) is 2.91. The number of ether oxygens (including phenoxy) is 2. The molecule has 4 aromatic rings. The van der Waals surface area contributed by atoms with Crippen LogP contribution in [0.1, 0.15) is 10.5 Å². The number of nitrogens with zero attached hydrogens (tertiary/aromatic N) is 1. The predicted molar refractivity (Wildman–Crippen MR) is 97.1 cm³/mol. The van der Waals surface area contributed by atoms with Crippen LogP contribution < -0.4 is 4.74 Å². The Labute approximate surface area is 149 Å². The maximum absolute atomic E-state index is 12.3. The molecule has 0 aliphatic carbocycles. The Kier molecular flexibility index (Phi) is 3.93. The van der Waals surface area contributed by atoms with E-state index in [1.165, 1.54) is 7.11 Å². The molecular formula is C20H16N2O4. The van der Waals surface area contributed by atoms with Gasteiger partial charge in [0.2, 0.25) is 5.89 Å². The Bertz CT molecular complexity index is 1090. The highest BCUT2D eigenvalue weighted by atomic mass is 16.5. The molecule has 0 unspecified atom stereocenters. The Morgan fingerprint density at radius 1 is 1.12 bits per heavy atom. The van der Waals surface area contributed by atoms with E-state index in [1.807, 2.05) is 48.7 Å². The van der Waals surface area contributed by atoms with Crippen molar-refractivity contribution < 1.29 is 18.7 Å². The van der Waals surface area contributed by atoms with Crippen LogP contribution in [0.5, 0.6) is 5.75 Å². The molecule has 0 fully saturated rings. The number of aromatic amines is 1. The van der Waals surface area contributed by atoms with Crippen LogP contribution in [-0.4, -0.2) is 30.2 Å². The standard InChI is InChI=1S/C20H16N2O4/c1-24-13-6-3-5-12(11-13)19-22-17(20(23)25-2)18(26-19)15-7-4-8-16-14(15)9-10-21-16/h3-11,21H,1-2H3. The summed E-state index contributed by atoms with van der Waals surface area (Å²) in [4.78, 5) is 19.8. The number of hydrogen-bond acceptors (Lipinski definition) is 5. The maximum Gasteiger partial charge on any atom is 0.360 e. The molecule has 0 atom stereocenters. The molecule has 4 rings (SSSR count). The van der Waals surface area contributed by atoms with E-state index >= 15 is 0 Å². The van der Waals surface area contributed by atoms with E-state index in [0.717, 1.165) is 16.5 Å². The van der Waals surface area contributed by atoms with Crippen molar-refractivity contribution in [3.63, 3.8) is 0 Å². The molecule has 2 heterocycles. The van der Waals surface area contributed by atoms with Crippen LogP contribution in [0.25, 0.3) is 33.7 Å². The molecule has 0 spiro atoms. The lowest BCUT2D eigenvalue weighted by Gasteiger charge is -2.02. The number of hydrogen-bond donors (Lipinski definition) is 1. The molecule has 0 radical (unpaired) electrons. The highest BCUT2D eigenvalue weighted by Gasteiger charge is 2.24. The lowest BCUT2D eigenvalue weighted by atomic mass is 10.1. The summed E-state index contributed by atoms with van der Waals surface area (Å²) in [5, 5.41) is 0.936. The first-order chi connectivity index (χ1) is 12.7. The van der Waals surface area contributed by atoms with Gasteiger partial charge in [0.05, 0.1) is 14.2 Å². The monoisotopic (exact) mass is 348 g/mol. The first-order valence-electron chi connectivity index (χ1n) is 8.01. The van der Waals surface area contributed by atoms with E-state index < -0.39 is 5.97 Å². The molecule has 0 saturated carbocycles. The van der Waals surface area contributed by atoms with Crippen LogP contribution in [0.15, 0.2) is 59.1 Å². The van der Waals surface area contributed by atoms with Crippen LogP contribution >= 0.6 is 0 Å². The lowest BCUT2D eigenvalue weighted by molar-refractivity contribution is 0.0595. The first-order valence-corrected chi connectivity index (χ1v) is 8.01. The highest BCUT2D eigenvalue weighted by Crippen LogP contribution is 2.35. The third kappa shape index (κ3) is 2.61. The van der Waals surface area contributed by atoms with Crippen molar-refractivity contribution >= 4 is 16.9 Å². The number of carbonyl (C=O) groups is 1. The molecule has 6 heteroatoms. The molecule has 0 bridgehead atoms. The summed E-state index contributed by atoms with van der Waals surface area (Å²) >= 11 is 0. The SMILES string of the molecule is COC(=O)c1nc(-c2cccc(OC)c2)oc1-c1cccc2[nH]ccc12. The Morgan fingerprint density at radius 3 is 2.77 bits per heavy atom. The first kappa shape index (κ1) is 16.0. The number of esters is 1. The van der Waals surface area contributed by atoms with Crippen molar-refractivity contribution in [1.29, 1.82) is 0 Å². The average Bonchev–Trinajstić information content (AvgIpc) is 3.34. The Hall–Kier alpha value is -3.54. The van der Waals surface area contributed by atoms with Gasteiger partial charge in [0.25, 0.3) is 0 Å². The number of H-pyrrole nitrogens is 1. The maximum atomic E-state index is 12.3. The largest absolute Gasteiger partial charge is 0.497 e. The topological polar surface area (TPSA) is 77.3 Å². The van der Waals surface area contributed by atoms with Crippen molar-refractivity contribution in [2.75, 3.05) is 14.2 Å². The minimum absolute atomic E-state index is 0.138. The number of nitrogens with one attached hydrogen (secondary N) is 1. The van der Waals surface area contributed by atoms with Crippen LogP contribution in [-0.2, 0) is 4.74 Å². The molecule has 2 aromatic heterocycles. The number of fused-ring (bicyclic) bond motifs is 1. The van der Waals surface area contributed by atoms with E-state index in [2.05, 4.69) is 9.97 Å². The number of benzene rings is 2. The van der Waals surface area contributed by atoms with Crippen molar-refractivity contribution in [3.8, 4) is 28.5 Å². The van der Waals surface area contributed by atoms with Crippen LogP contribution in [0.3, 0.4) is 0 Å². The fourth-order valence-corrected chi connectivity index (χ4v) is 2.90. The van der Waals surface area contributed by atoms with E-state index in [0.29, 0.717) is 23.0 Å². The second-order valence-electron chi connectivity index (χ2n) is 5.66. The summed E-state index contributed by atoms with van der Waals surface area (Å²) in [6.45, 7) is 0. The number of carbonyl (C=O) groups excluding carboxylic acids is 1. The van der Waals surface area contributed by atoms with Crippen molar-refractivity contribution in [1.82, 2.24) is 9.97 Å². The molecule has 26 heavy (non-hydrogen) atoms. The fraction of sp³-hybridized carbons (Fsp3) is 0.100. The molecule has 6 nitrogen and oxygen atoms in total. The van der Waals surface area contributed by atoms with Gasteiger partial charge in [-0.1, -0.05) is 18.2 Å². The second kappa shape index (κ2) is 6.40. The van der Waals surface area contributed by atoms with Gasteiger partial charge in [-0.15, -0.1) is 0 Å². The van der Waals surface area contributed by atoms with E-state index in [-0.39, 0.29) is 5.69 Å². The third-order valence-electron chi connectivity index (χ3n) is 4.16. The molecule has 130 valence electrons. The number of rotatable bonds is 4. The highest BCUT2D eigenvalue weighted by molar-refractivity contribution is 6.01. The lowest BCUT2D eigenvalue weighted by Crippen LogP contribution is -2.03. The zero-order valence-corrected chi connectivity index (χ0v) is 14.3. The number of methoxy groups -OCH3 is 2. The van der Waals surface area contributed by atoms with Gasteiger partial charge < -0.3 is 18.9 Å². The normalized spacial score (nSPS) is 10.8. The Balaban J connectivity index is 1.92. The molecule has 1 N–H and O–H groups in total. The molecule has 0 amide bonds. The van der Waals surface area contributed by atoms with Gasteiger partial charge in [0, 0.05) is 28.2 Å². The quantitative estimate of drug-likeness (QED) is 0.557. The predicted octanol–water partition coefficient (Wildman–Crippen LogP) is 4.29. The van der Waals surface area contributed by atoms with Crippen LogP contribution in [0.2, 0.25) is 0 Å². The third-order valence-corrected chi connectivity index (χ3v) is 4.16. The van der Waals surface area contributed by atoms with E-state index in [9.17, 15) is 4.79 Å². The summed E-state index contributed by atoms with van der Waals surface area (Å²) in [5.74, 6) is 0.826. The number of aromatic nitrogens is 2. The van der Waals surface area contributed by atoms with Gasteiger partial charge >= 0.3 is 5.97 Å². The van der Waals surface area contributed by atoms with Crippen LogP contribution in [0.4, 0.5) is 0 Å². The van der Waals surface area contributed by atoms with Crippen molar-refractivity contribution in [3.05, 3.63) is 60.4 Å². The minimum atomic E-state index is -0.551. The molecule has 0 aliphatic rings. The van der Waals surface area contributed by atoms with Gasteiger partial charge in [0.15, 0.2) is 11.5 Å². The molecule has 0 aliphatic heterocycles. The smallest absolute Gasteiger partial charge is 0.360 e. The van der Waals surface area contributed by atoms with Gasteiger partial charge in [-0.25, -0.2) is 9.78 Å². The summed E-state index contributed by atoms with van der Waals surface area (Å²) in [6, 6.07) is 15.0. The zero-order valence-electron chi connectivity index (χ0n) is 14.3.